The third-order valence-corrected chi connectivity index (χ3v) is 4.70. The fourth-order valence-corrected chi connectivity index (χ4v) is 3.31. The molecule has 30 heavy (non-hydrogen) atoms. The number of piperazine rings is 1. The van der Waals surface area contributed by atoms with Crippen molar-refractivity contribution >= 4 is 18.3 Å². The highest BCUT2D eigenvalue weighted by molar-refractivity contribution is 5.95. The van der Waals surface area contributed by atoms with E-state index < -0.39 is 6.04 Å². The topological polar surface area (TPSA) is 87.2 Å². The van der Waals surface area contributed by atoms with E-state index >= 15 is 0 Å². The summed E-state index contributed by atoms with van der Waals surface area (Å²) in [6.07, 6.45) is 0.421. The number of hydrogen-bond donors (Lipinski definition) is 1. The van der Waals surface area contributed by atoms with Gasteiger partial charge in [-0.2, -0.15) is 0 Å². The fraction of sp³-hybridized carbons (Fsp3) is 0.318. The van der Waals surface area contributed by atoms with Crippen molar-refractivity contribution in [3.8, 4) is 0 Å². The van der Waals surface area contributed by atoms with Crippen molar-refractivity contribution in [3.63, 3.8) is 0 Å². The Morgan fingerprint density at radius 2 is 1.80 bits per heavy atom. The number of ether oxygens (including phenoxy) is 1. The van der Waals surface area contributed by atoms with Crippen molar-refractivity contribution in [2.45, 2.75) is 19.0 Å². The molecule has 1 aliphatic rings. The average Bonchev–Trinajstić information content (AvgIpc) is 2.73. The Bertz CT molecular complexity index is 846. The van der Waals surface area contributed by atoms with Gasteiger partial charge in [0.05, 0.1) is 13.2 Å². The maximum atomic E-state index is 13.5. The van der Waals surface area contributed by atoms with Crippen molar-refractivity contribution in [3.05, 3.63) is 71.5 Å². The lowest BCUT2D eigenvalue weighted by Crippen LogP contribution is -2.60. The Morgan fingerprint density at radius 1 is 1.13 bits per heavy atom. The van der Waals surface area contributed by atoms with Crippen LogP contribution in [0.15, 0.2) is 54.6 Å². The monoisotopic (exact) mass is 416 g/mol. The zero-order valence-electron chi connectivity index (χ0n) is 16.7. The van der Waals surface area contributed by atoms with Crippen LogP contribution in [0.1, 0.15) is 11.1 Å². The van der Waals surface area contributed by atoms with Gasteiger partial charge in [0.15, 0.2) is 0 Å². The number of carbonyl (C=O) groups is 3. The Morgan fingerprint density at radius 3 is 2.43 bits per heavy atom. The van der Waals surface area contributed by atoms with Crippen molar-refractivity contribution in [2.75, 3.05) is 26.8 Å². The van der Waals surface area contributed by atoms with E-state index in [0.29, 0.717) is 25.1 Å². The molecule has 0 aromatic heterocycles. The molecule has 2 amide bonds. The number of amides is 2. The quantitative estimate of drug-likeness (QED) is 0.698. The number of methoxy groups -OCH3 is 1. The average molecular weight is 416 g/mol. The second-order valence-electron chi connectivity index (χ2n) is 6.72. The van der Waals surface area contributed by atoms with Crippen molar-refractivity contribution in [1.82, 2.24) is 9.80 Å². The minimum Gasteiger partial charge on any atom is -0.483 e. The minimum atomic E-state index is -0.617. The van der Waals surface area contributed by atoms with Gasteiger partial charge in [0, 0.05) is 26.6 Å². The van der Waals surface area contributed by atoms with E-state index in [1.807, 2.05) is 30.3 Å². The van der Waals surface area contributed by atoms with E-state index in [1.165, 1.54) is 12.1 Å². The summed E-state index contributed by atoms with van der Waals surface area (Å²) in [4.78, 5) is 37.3. The van der Waals surface area contributed by atoms with Gasteiger partial charge in [-0.1, -0.05) is 42.5 Å². The van der Waals surface area contributed by atoms with Gasteiger partial charge >= 0.3 is 0 Å². The first-order chi connectivity index (χ1) is 14.5. The molecule has 7 nitrogen and oxygen atoms in total. The molecule has 0 saturated carbocycles. The highest BCUT2D eigenvalue weighted by Gasteiger charge is 2.39. The summed E-state index contributed by atoms with van der Waals surface area (Å²) in [6.45, 7) is 0.724. The molecule has 8 heteroatoms. The Hall–Kier alpha value is -3.26. The molecule has 1 aliphatic heterocycles. The highest BCUT2D eigenvalue weighted by Crippen LogP contribution is 2.20. The number of halogens is 1. The number of nitrogens with zero attached hydrogens (tertiary/aromatic N) is 2. The standard InChI is InChI=1S/C21H23FN2O3.CH2O2/c1-27-11-10-23-15-20(25)24(14-17-8-5-9-18(22)12-17)19(21(23)26)13-16-6-3-2-4-7-16;2-1-3/h2-9,12,19H,10-11,13-15H2,1H3;1H,(H,2,3)/t19-;/m1./s1. The van der Waals surface area contributed by atoms with Gasteiger partial charge in [-0.25, -0.2) is 4.39 Å². The molecule has 1 fully saturated rings. The van der Waals surface area contributed by atoms with Crippen LogP contribution in [0.25, 0.3) is 0 Å². The molecule has 0 radical (unpaired) electrons. The van der Waals surface area contributed by atoms with Gasteiger partial charge in [0.2, 0.25) is 11.8 Å². The SMILES string of the molecule is COCCN1CC(=O)N(Cc2cccc(F)c2)[C@H](Cc2ccccc2)C1=O.O=CO. The predicted octanol–water partition coefficient (Wildman–Crippen LogP) is 1.95. The summed E-state index contributed by atoms with van der Waals surface area (Å²) in [5.74, 6) is -0.604. The number of rotatable bonds is 7. The van der Waals surface area contributed by atoms with E-state index in [0.717, 1.165) is 5.56 Å². The fourth-order valence-electron chi connectivity index (χ4n) is 3.31. The molecule has 0 bridgehead atoms. The van der Waals surface area contributed by atoms with Crippen LogP contribution < -0.4 is 0 Å². The van der Waals surface area contributed by atoms with Crippen molar-refractivity contribution < 1.29 is 28.6 Å². The van der Waals surface area contributed by atoms with Gasteiger partial charge in [-0.05, 0) is 23.3 Å². The predicted molar refractivity (Wildman–Crippen MR) is 108 cm³/mol. The second-order valence-corrected chi connectivity index (χ2v) is 6.72. The van der Waals surface area contributed by atoms with Crippen molar-refractivity contribution in [2.24, 2.45) is 0 Å². The number of carboxylic acid groups (broad SMARTS) is 1. The van der Waals surface area contributed by atoms with E-state index in [2.05, 4.69) is 0 Å². The summed E-state index contributed by atoms with van der Waals surface area (Å²) in [7, 11) is 1.56. The molecular weight excluding hydrogens is 391 g/mol. The number of carbonyl (C=O) groups excluding carboxylic acids is 2. The smallest absolute Gasteiger partial charge is 0.290 e. The first-order valence-corrected chi connectivity index (χ1v) is 9.43. The van der Waals surface area contributed by atoms with Gasteiger partial charge < -0.3 is 19.6 Å². The van der Waals surface area contributed by atoms with E-state index in [1.54, 1.807) is 29.0 Å². The Kier molecular flexibility index (Phi) is 8.96. The van der Waals surface area contributed by atoms with Crippen LogP contribution in [0, 0.1) is 5.82 Å². The maximum absolute atomic E-state index is 13.5. The largest absolute Gasteiger partial charge is 0.483 e. The molecule has 1 atom stereocenters. The van der Waals surface area contributed by atoms with Gasteiger partial charge in [0.25, 0.3) is 6.47 Å². The molecule has 1 N–H and O–H groups in total. The molecule has 2 aromatic rings. The van der Waals surface area contributed by atoms with Crippen LogP contribution in [-0.2, 0) is 32.1 Å². The summed E-state index contributed by atoms with van der Waals surface area (Å²) < 4.78 is 18.6. The second kappa shape index (κ2) is 11.7. The lowest BCUT2D eigenvalue weighted by Gasteiger charge is -2.40. The summed E-state index contributed by atoms with van der Waals surface area (Å²) in [6, 6.07) is 15.1. The molecule has 2 aromatic carbocycles. The lowest BCUT2D eigenvalue weighted by atomic mass is 10.00. The van der Waals surface area contributed by atoms with Crippen molar-refractivity contribution in [1.29, 1.82) is 0 Å². The zero-order valence-corrected chi connectivity index (χ0v) is 16.7. The summed E-state index contributed by atoms with van der Waals surface area (Å²) in [5, 5.41) is 6.89. The minimum absolute atomic E-state index is 0.0167. The zero-order chi connectivity index (χ0) is 21.9. The first-order valence-electron chi connectivity index (χ1n) is 9.43. The third-order valence-electron chi connectivity index (χ3n) is 4.70. The third kappa shape index (κ3) is 6.38. The maximum Gasteiger partial charge on any atom is 0.290 e. The van der Waals surface area contributed by atoms with Crippen LogP contribution in [0.5, 0.6) is 0 Å². The molecule has 1 heterocycles. The molecular formula is C22H25FN2O5. The molecule has 0 spiro atoms. The highest BCUT2D eigenvalue weighted by atomic mass is 19.1. The van der Waals surface area contributed by atoms with E-state index in [9.17, 15) is 14.0 Å². The normalized spacial score (nSPS) is 16.1. The Balaban J connectivity index is 0.00000101. The van der Waals surface area contributed by atoms with Crippen LogP contribution in [-0.4, -0.2) is 66.0 Å². The summed E-state index contributed by atoms with van der Waals surface area (Å²) >= 11 is 0. The molecule has 0 unspecified atom stereocenters. The van der Waals surface area contributed by atoms with Gasteiger partial charge in [0.1, 0.15) is 11.9 Å². The van der Waals surface area contributed by atoms with Crippen LogP contribution in [0.2, 0.25) is 0 Å². The van der Waals surface area contributed by atoms with E-state index in [-0.39, 0.29) is 37.2 Å². The van der Waals surface area contributed by atoms with Crippen LogP contribution >= 0.6 is 0 Å². The lowest BCUT2D eigenvalue weighted by molar-refractivity contribution is -0.157. The van der Waals surface area contributed by atoms with Crippen LogP contribution in [0.4, 0.5) is 4.39 Å². The number of hydrogen-bond acceptors (Lipinski definition) is 4. The molecule has 3 rings (SSSR count). The number of benzene rings is 2. The summed E-state index contributed by atoms with van der Waals surface area (Å²) in [5.41, 5.74) is 1.64. The Labute approximate surface area is 174 Å². The molecule has 0 aliphatic carbocycles. The van der Waals surface area contributed by atoms with E-state index in [4.69, 9.17) is 14.6 Å². The molecule has 160 valence electrons. The molecule has 1 saturated heterocycles. The first kappa shape index (κ1) is 23.0. The van der Waals surface area contributed by atoms with Crippen LogP contribution in [0.3, 0.4) is 0 Å². The van der Waals surface area contributed by atoms with Gasteiger partial charge in [-0.15, -0.1) is 0 Å². The van der Waals surface area contributed by atoms with Gasteiger partial charge in [-0.3, -0.25) is 14.4 Å².